The van der Waals surface area contributed by atoms with Crippen LogP contribution in [-0.2, 0) is 17.8 Å². The van der Waals surface area contributed by atoms with Crippen LogP contribution in [0.15, 0.2) is 36.4 Å². The molecule has 126 valence electrons. The minimum atomic E-state index is -1.05. The number of carboxylic acids is 1. The first kappa shape index (κ1) is 17.6. The molecule has 24 heavy (non-hydrogen) atoms. The lowest BCUT2D eigenvalue weighted by molar-refractivity contribution is -0.141. The van der Waals surface area contributed by atoms with Gasteiger partial charge in [0.2, 0.25) is 0 Å². The lowest BCUT2D eigenvalue weighted by Gasteiger charge is -2.27. The van der Waals surface area contributed by atoms with Gasteiger partial charge < -0.3 is 10.0 Å². The van der Waals surface area contributed by atoms with Gasteiger partial charge in [0.25, 0.3) is 5.91 Å². The van der Waals surface area contributed by atoms with E-state index >= 15 is 0 Å². The molecule has 6 nitrogen and oxygen atoms in total. The van der Waals surface area contributed by atoms with E-state index in [0.29, 0.717) is 23.4 Å². The van der Waals surface area contributed by atoms with Gasteiger partial charge >= 0.3 is 5.97 Å². The summed E-state index contributed by atoms with van der Waals surface area (Å²) in [5, 5.41) is 17.4. The number of nitrogens with zero attached hydrogens (tertiary/aromatic N) is 3. The van der Waals surface area contributed by atoms with Crippen LogP contribution in [0.25, 0.3) is 0 Å². The summed E-state index contributed by atoms with van der Waals surface area (Å²) in [5.41, 5.74) is 2.46. The number of hydrogen-bond acceptors (Lipinski definition) is 4. The number of aromatic nitrogens is 2. The van der Waals surface area contributed by atoms with E-state index < -0.39 is 12.0 Å². The van der Waals surface area contributed by atoms with E-state index in [9.17, 15) is 14.7 Å². The Bertz CT molecular complexity index is 732. The third kappa shape index (κ3) is 3.95. The van der Waals surface area contributed by atoms with Crippen LogP contribution >= 0.6 is 0 Å². The minimum Gasteiger partial charge on any atom is -0.480 e. The van der Waals surface area contributed by atoms with Crippen molar-refractivity contribution in [3.8, 4) is 0 Å². The number of carbonyl (C=O) groups is 2. The summed E-state index contributed by atoms with van der Waals surface area (Å²) >= 11 is 0. The molecule has 0 radical (unpaired) electrons. The average molecular weight is 327 g/mol. The first-order valence-electron chi connectivity index (χ1n) is 7.85. The maximum absolute atomic E-state index is 13.0. The van der Waals surface area contributed by atoms with Crippen LogP contribution in [-0.4, -0.2) is 38.1 Å². The molecule has 1 N–H and O–H groups in total. The lowest BCUT2D eigenvalue weighted by Crippen LogP contribution is -2.43. The molecular weight excluding hydrogens is 306 g/mol. The Kier molecular flexibility index (Phi) is 5.63. The van der Waals surface area contributed by atoms with Gasteiger partial charge in [-0.05, 0) is 31.9 Å². The van der Waals surface area contributed by atoms with E-state index in [1.165, 1.54) is 11.8 Å². The Morgan fingerprint density at radius 3 is 2.46 bits per heavy atom. The van der Waals surface area contributed by atoms with Crippen molar-refractivity contribution >= 4 is 11.9 Å². The fourth-order valence-electron chi connectivity index (χ4n) is 2.34. The Morgan fingerprint density at radius 1 is 1.21 bits per heavy atom. The maximum atomic E-state index is 13.0. The number of carboxylic acid groups (broad SMARTS) is 1. The van der Waals surface area contributed by atoms with E-state index in [2.05, 4.69) is 10.2 Å². The second-order valence-electron chi connectivity index (χ2n) is 5.62. The van der Waals surface area contributed by atoms with Crippen LogP contribution in [0.4, 0.5) is 0 Å². The van der Waals surface area contributed by atoms with Crippen LogP contribution in [0.5, 0.6) is 0 Å². The van der Waals surface area contributed by atoms with Gasteiger partial charge in [0, 0.05) is 6.54 Å². The van der Waals surface area contributed by atoms with Crippen molar-refractivity contribution in [2.45, 2.75) is 39.8 Å². The molecule has 0 spiro atoms. The highest BCUT2D eigenvalue weighted by atomic mass is 16.4. The molecule has 1 heterocycles. The Balaban J connectivity index is 2.39. The summed E-state index contributed by atoms with van der Waals surface area (Å²) in [6, 6.07) is 10.1. The summed E-state index contributed by atoms with van der Waals surface area (Å²) in [6.45, 7) is 5.35. The zero-order valence-corrected chi connectivity index (χ0v) is 14.1. The van der Waals surface area contributed by atoms with Gasteiger partial charge in [-0.3, -0.25) is 4.79 Å². The second-order valence-corrected chi connectivity index (χ2v) is 5.62. The monoisotopic (exact) mass is 327 g/mol. The van der Waals surface area contributed by atoms with Crippen LogP contribution in [0.1, 0.15) is 41.2 Å². The van der Waals surface area contributed by atoms with Crippen LogP contribution in [0, 0.1) is 6.92 Å². The van der Waals surface area contributed by atoms with Crippen molar-refractivity contribution in [1.82, 2.24) is 15.1 Å². The fraction of sp³-hybridized carbons (Fsp3) is 0.333. The minimum absolute atomic E-state index is 0.219. The molecule has 0 saturated carbocycles. The molecule has 0 saturated heterocycles. The first-order chi connectivity index (χ1) is 11.4. The number of aryl methyl sites for hydroxylation is 2. The van der Waals surface area contributed by atoms with Gasteiger partial charge in [-0.25, -0.2) is 4.79 Å². The summed E-state index contributed by atoms with van der Waals surface area (Å²) in [5.74, 6) is -1.40. The molecule has 1 aromatic heterocycles. The second kappa shape index (κ2) is 7.68. The zero-order chi connectivity index (χ0) is 17.7. The maximum Gasteiger partial charge on any atom is 0.326 e. The summed E-state index contributed by atoms with van der Waals surface area (Å²) in [7, 11) is 0. The molecule has 6 heteroatoms. The van der Waals surface area contributed by atoms with E-state index in [1.54, 1.807) is 13.0 Å². The summed E-state index contributed by atoms with van der Waals surface area (Å²) in [6.07, 6.45) is 0.654. The smallest absolute Gasteiger partial charge is 0.326 e. The van der Waals surface area contributed by atoms with Crippen molar-refractivity contribution in [2.75, 3.05) is 0 Å². The summed E-state index contributed by atoms with van der Waals surface area (Å²) < 4.78 is 0. The van der Waals surface area contributed by atoms with Gasteiger partial charge in [0.15, 0.2) is 0 Å². The molecule has 2 rings (SSSR count). The predicted molar refractivity (Wildman–Crippen MR) is 89.6 cm³/mol. The van der Waals surface area contributed by atoms with Crippen molar-refractivity contribution in [1.29, 1.82) is 0 Å². The van der Waals surface area contributed by atoms with E-state index in [-0.39, 0.29) is 12.5 Å². The van der Waals surface area contributed by atoms with Crippen LogP contribution < -0.4 is 0 Å². The number of benzene rings is 1. The third-order valence-electron chi connectivity index (χ3n) is 3.90. The molecule has 1 amide bonds. The van der Waals surface area contributed by atoms with Crippen molar-refractivity contribution in [2.24, 2.45) is 0 Å². The highest BCUT2D eigenvalue weighted by Gasteiger charge is 2.28. The lowest BCUT2D eigenvalue weighted by atomic mass is 10.1. The third-order valence-corrected chi connectivity index (χ3v) is 3.90. The van der Waals surface area contributed by atoms with E-state index in [1.807, 2.05) is 37.3 Å². The normalized spacial score (nSPS) is 11.8. The number of aliphatic carboxylic acids is 1. The number of hydrogen-bond donors (Lipinski definition) is 1. The quantitative estimate of drug-likeness (QED) is 0.881. The van der Waals surface area contributed by atoms with E-state index in [0.717, 1.165) is 5.56 Å². The molecular formula is C18H21N3O3. The molecule has 0 fully saturated rings. The standard InChI is InChI=1S/C18H21N3O3/c1-4-15-10-16(12(2)19-20-15)17(22)21(13(3)18(23)24)11-14-8-6-5-7-9-14/h5-10,13H,4,11H2,1-3H3,(H,23,24). The number of rotatable bonds is 6. The topological polar surface area (TPSA) is 83.4 Å². The molecule has 1 atom stereocenters. The molecule has 0 bridgehead atoms. The van der Waals surface area contributed by atoms with Gasteiger partial charge in [0.05, 0.1) is 17.0 Å². The zero-order valence-electron chi connectivity index (χ0n) is 14.1. The Hall–Kier alpha value is -2.76. The average Bonchev–Trinajstić information content (AvgIpc) is 2.59. The molecule has 1 aromatic carbocycles. The van der Waals surface area contributed by atoms with Gasteiger partial charge in [-0.2, -0.15) is 10.2 Å². The highest BCUT2D eigenvalue weighted by molar-refractivity contribution is 5.97. The van der Waals surface area contributed by atoms with E-state index in [4.69, 9.17) is 0 Å². The van der Waals surface area contributed by atoms with Gasteiger partial charge in [-0.15, -0.1) is 0 Å². The summed E-state index contributed by atoms with van der Waals surface area (Å²) in [4.78, 5) is 25.8. The van der Waals surface area contributed by atoms with Crippen molar-refractivity contribution in [3.63, 3.8) is 0 Å². The van der Waals surface area contributed by atoms with Gasteiger partial charge in [-0.1, -0.05) is 37.3 Å². The largest absolute Gasteiger partial charge is 0.480 e. The molecule has 0 aliphatic heterocycles. The molecule has 1 unspecified atom stereocenters. The molecule has 0 aliphatic carbocycles. The Labute approximate surface area is 141 Å². The highest BCUT2D eigenvalue weighted by Crippen LogP contribution is 2.16. The SMILES string of the molecule is CCc1cc(C(=O)N(Cc2ccccc2)C(C)C(=O)O)c(C)nn1. The fourth-order valence-corrected chi connectivity index (χ4v) is 2.34. The molecule has 2 aromatic rings. The Morgan fingerprint density at radius 2 is 1.88 bits per heavy atom. The predicted octanol–water partition coefficient (Wildman–Crippen LogP) is 2.46. The number of carbonyl (C=O) groups excluding carboxylic acids is 1. The van der Waals surface area contributed by atoms with Crippen LogP contribution in [0.2, 0.25) is 0 Å². The van der Waals surface area contributed by atoms with Gasteiger partial charge in [0.1, 0.15) is 6.04 Å². The number of amides is 1. The first-order valence-corrected chi connectivity index (χ1v) is 7.85. The molecule has 0 aliphatic rings. The van der Waals surface area contributed by atoms with Crippen molar-refractivity contribution < 1.29 is 14.7 Å². The van der Waals surface area contributed by atoms with Crippen molar-refractivity contribution in [3.05, 3.63) is 58.9 Å². The van der Waals surface area contributed by atoms with Crippen LogP contribution in [0.3, 0.4) is 0 Å².